The van der Waals surface area contributed by atoms with Crippen molar-refractivity contribution in [2.24, 2.45) is 5.92 Å². The van der Waals surface area contributed by atoms with Gasteiger partial charge in [0, 0.05) is 17.6 Å². The van der Waals surface area contributed by atoms with Crippen LogP contribution in [0.15, 0.2) is 18.2 Å². The summed E-state index contributed by atoms with van der Waals surface area (Å²) in [6.45, 7) is 5.28. The van der Waals surface area contributed by atoms with E-state index in [1.807, 2.05) is 0 Å². The van der Waals surface area contributed by atoms with E-state index in [2.05, 4.69) is 17.1 Å². The summed E-state index contributed by atoms with van der Waals surface area (Å²) in [4.78, 5) is 2.36. The van der Waals surface area contributed by atoms with Crippen LogP contribution in [0.1, 0.15) is 44.2 Å². The van der Waals surface area contributed by atoms with Crippen molar-refractivity contribution in [2.75, 3.05) is 19.6 Å². The minimum Gasteiger partial charge on any atom is -0.508 e. The Morgan fingerprint density at radius 2 is 2.05 bits per heavy atom. The molecule has 116 valence electrons. The van der Waals surface area contributed by atoms with E-state index in [0.717, 1.165) is 19.0 Å². The highest BCUT2D eigenvalue weighted by atomic mass is 19.1. The van der Waals surface area contributed by atoms with E-state index in [9.17, 15) is 9.50 Å². The number of piperidine rings is 1. The molecule has 2 saturated heterocycles. The number of aromatic hydroxyl groups is 1. The summed E-state index contributed by atoms with van der Waals surface area (Å²) >= 11 is 0. The van der Waals surface area contributed by atoms with Crippen LogP contribution in [-0.4, -0.2) is 35.7 Å². The highest BCUT2D eigenvalue weighted by Gasteiger charge is 2.30. The molecule has 3 rings (SSSR count). The Morgan fingerprint density at radius 1 is 1.29 bits per heavy atom. The van der Waals surface area contributed by atoms with Gasteiger partial charge in [0.25, 0.3) is 0 Å². The number of nitrogens with one attached hydrogen (secondary N) is 1. The first-order valence-electron chi connectivity index (χ1n) is 8.11. The summed E-state index contributed by atoms with van der Waals surface area (Å²) in [6, 6.07) is 4.99. The third kappa shape index (κ3) is 3.22. The smallest absolute Gasteiger partial charge is 0.123 e. The van der Waals surface area contributed by atoms with Gasteiger partial charge in [-0.3, -0.25) is 4.90 Å². The minimum absolute atomic E-state index is 0.0678. The third-order valence-corrected chi connectivity index (χ3v) is 5.23. The molecule has 0 saturated carbocycles. The zero-order valence-electron chi connectivity index (χ0n) is 12.7. The van der Waals surface area contributed by atoms with Crippen LogP contribution in [0.5, 0.6) is 5.75 Å². The van der Waals surface area contributed by atoms with E-state index in [-0.39, 0.29) is 17.6 Å². The van der Waals surface area contributed by atoms with E-state index in [4.69, 9.17) is 0 Å². The summed E-state index contributed by atoms with van der Waals surface area (Å²) in [6.07, 6.45) is 5.00. The van der Waals surface area contributed by atoms with Gasteiger partial charge in [-0.1, -0.05) is 0 Å². The second-order valence-electron chi connectivity index (χ2n) is 6.46. The molecule has 3 nitrogen and oxygen atoms in total. The molecule has 2 unspecified atom stereocenters. The molecule has 2 aliphatic rings. The Kier molecular flexibility index (Phi) is 4.45. The lowest BCUT2D eigenvalue weighted by atomic mass is 9.87. The Bertz CT molecular complexity index is 480. The molecule has 0 amide bonds. The molecule has 0 aromatic heterocycles. The lowest BCUT2D eigenvalue weighted by Gasteiger charge is -2.38. The topological polar surface area (TPSA) is 35.5 Å². The van der Waals surface area contributed by atoms with Crippen LogP contribution < -0.4 is 5.32 Å². The van der Waals surface area contributed by atoms with Crippen molar-refractivity contribution in [1.29, 1.82) is 0 Å². The van der Waals surface area contributed by atoms with Crippen LogP contribution in [0.2, 0.25) is 0 Å². The van der Waals surface area contributed by atoms with E-state index < -0.39 is 0 Å². The molecule has 0 spiro atoms. The van der Waals surface area contributed by atoms with Crippen LogP contribution in [0.4, 0.5) is 4.39 Å². The number of halogens is 1. The maximum absolute atomic E-state index is 13.4. The van der Waals surface area contributed by atoms with Crippen molar-refractivity contribution >= 4 is 0 Å². The van der Waals surface area contributed by atoms with Gasteiger partial charge in [-0.2, -0.15) is 0 Å². The van der Waals surface area contributed by atoms with E-state index in [1.165, 1.54) is 50.4 Å². The number of hydrogen-bond donors (Lipinski definition) is 2. The van der Waals surface area contributed by atoms with E-state index in [1.54, 1.807) is 0 Å². The molecule has 2 aliphatic heterocycles. The maximum atomic E-state index is 13.4. The van der Waals surface area contributed by atoms with Gasteiger partial charge >= 0.3 is 0 Å². The van der Waals surface area contributed by atoms with Gasteiger partial charge in [-0.15, -0.1) is 0 Å². The number of phenols is 1. The summed E-state index contributed by atoms with van der Waals surface area (Å²) in [7, 11) is 0. The fraction of sp³-hybridized carbons (Fsp3) is 0.647. The van der Waals surface area contributed by atoms with Crippen molar-refractivity contribution in [3.05, 3.63) is 29.6 Å². The second-order valence-corrected chi connectivity index (χ2v) is 6.46. The lowest BCUT2D eigenvalue weighted by Crippen LogP contribution is -2.41. The van der Waals surface area contributed by atoms with Crippen LogP contribution in [0, 0.1) is 11.7 Å². The molecule has 4 heteroatoms. The number of phenolic OH excluding ortho intramolecular Hbond substituents is 1. The van der Waals surface area contributed by atoms with Gasteiger partial charge in [0.2, 0.25) is 0 Å². The van der Waals surface area contributed by atoms with Gasteiger partial charge in [-0.25, -0.2) is 4.39 Å². The molecule has 21 heavy (non-hydrogen) atoms. The highest BCUT2D eigenvalue weighted by Crippen LogP contribution is 2.33. The highest BCUT2D eigenvalue weighted by molar-refractivity contribution is 5.35. The van der Waals surface area contributed by atoms with Gasteiger partial charge < -0.3 is 10.4 Å². The van der Waals surface area contributed by atoms with Gasteiger partial charge in [-0.05, 0) is 76.4 Å². The van der Waals surface area contributed by atoms with Crippen LogP contribution in [0.3, 0.4) is 0 Å². The fourth-order valence-electron chi connectivity index (χ4n) is 3.88. The van der Waals surface area contributed by atoms with E-state index in [0.29, 0.717) is 11.6 Å². The molecule has 2 N–H and O–H groups in total. The Hall–Kier alpha value is -1.13. The van der Waals surface area contributed by atoms with Gasteiger partial charge in [0.05, 0.1) is 0 Å². The first kappa shape index (κ1) is 14.8. The van der Waals surface area contributed by atoms with Crippen molar-refractivity contribution < 1.29 is 9.50 Å². The SMILES string of the molecule is CC(c1cc(F)ccc1O)N1CCC(C2CCCN2)CC1. The molecule has 0 radical (unpaired) electrons. The van der Waals surface area contributed by atoms with Crippen LogP contribution in [0.25, 0.3) is 0 Å². The van der Waals surface area contributed by atoms with Crippen molar-refractivity contribution in [2.45, 2.75) is 44.7 Å². The number of likely N-dealkylation sites (tertiary alicyclic amines) is 1. The largest absolute Gasteiger partial charge is 0.508 e. The molecule has 2 fully saturated rings. The Labute approximate surface area is 126 Å². The van der Waals surface area contributed by atoms with E-state index >= 15 is 0 Å². The zero-order chi connectivity index (χ0) is 14.8. The van der Waals surface area contributed by atoms with Crippen LogP contribution >= 0.6 is 0 Å². The van der Waals surface area contributed by atoms with Crippen LogP contribution in [-0.2, 0) is 0 Å². The number of benzene rings is 1. The zero-order valence-corrected chi connectivity index (χ0v) is 12.7. The standard InChI is InChI=1S/C17H25FN2O/c1-12(15-11-14(18)4-5-17(15)21)20-9-6-13(7-10-20)16-3-2-8-19-16/h4-5,11-13,16,19,21H,2-3,6-10H2,1H3. The lowest BCUT2D eigenvalue weighted by molar-refractivity contribution is 0.125. The van der Waals surface area contributed by atoms with Gasteiger partial charge in [0.1, 0.15) is 11.6 Å². The summed E-state index contributed by atoms with van der Waals surface area (Å²) in [5, 5.41) is 13.6. The number of rotatable bonds is 3. The Morgan fingerprint density at radius 3 is 2.71 bits per heavy atom. The van der Waals surface area contributed by atoms with Crippen molar-refractivity contribution in [3.8, 4) is 5.75 Å². The first-order chi connectivity index (χ1) is 10.1. The average Bonchev–Trinajstić information content (AvgIpc) is 3.03. The molecular weight excluding hydrogens is 267 g/mol. The molecule has 2 atom stereocenters. The monoisotopic (exact) mass is 292 g/mol. The predicted molar refractivity (Wildman–Crippen MR) is 81.8 cm³/mol. The number of hydrogen-bond acceptors (Lipinski definition) is 3. The third-order valence-electron chi connectivity index (χ3n) is 5.23. The molecular formula is C17H25FN2O. The number of nitrogens with zero attached hydrogens (tertiary/aromatic N) is 1. The molecule has 1 aromatic rings. The predicted octanol–water partition coefficient (Wildman–Crippen LogP) is 3.06. The molecule has 0 aliphatic carbocycles. The summed E-state index contributed by atoms with van der Waals surface area (Å²) < 4.78 is 13.4. The summed E-state index contributed by atoms with van der Waals surface area (Å²) in [5.74, 6) is 0.695. The van der Waals surface area contributed by atoms with Gasteiger partial charge in [0.15, 0.2) is 0 Å². The maximum Gasteiger partial charge on any atom is 0.123 e. The summed E-state index contributed by atoms with van der Waals surface area (Å²) in [5.41, 5.74) is 0.701. The average molecular weight is 292 g/mol. The van der Waals surface area contributed by atoms with Crippen molar-refractivity contribution in [3.63, 3.8) is 0 Å². The quantitative estimate of drug-likeness (QED) is 0.899. The molecule has 2 heterocycles. The van der Waals surface area contributed by atoms with Crippen molar-refractivity contribution in [1.82, 2.24) is 10.2 Å². The molecule has 0 bridgehead atoms. The molecule has 1 aromatic carbocycles. The Balaban J connectivity index is 1.62. The minimum atomic E-state index is -0.278. The first-order valence-corrected chi connectivity index (χ1v) is 8.11. The second kappa shape index (κ2) is 6.32. The fourth-order valence-corrected chi connectivity index (χ4v) is 3.88. The normalized spacial score (nSPS) is 26.1.